The van der Waals surface area contributed by atoms with Gasteiger partial charge in [-0.25, -0.2) is 0 Å². The topological polar surface area (TPSA) is 30.5 Å². The van der Waals surface area contributed by atoms with E-state index in [1.165, 1.54) is 0 Å². The zero-order valence-electron chi connectivity index (χ0n) is 8.07. The first kappa shape index (κ1) is 8.29. The van der Waals surface area contributed by atoms with Gasteiger partial charge in [-0.1, -0.05) is 0 Å². The quantitative estimate of drug-likeness (QED) is 0.628. The summed E-state index contributed by atoms with van der Waals surface area (Å²) in [4.78, 5) is 4.38. The van der Waals surface area contributed by atoms with Crippen molar-refractivity contribution in [2.24, 2.45) is 0 Å². The highest BCUT2D eigenvalue weighted by Gasteiger charge is 2.23. The molecule has 2 aliphatic rings. The van der Waals surface area contributed by atoms with Crippen molar-refractivity contribution in [1.29, 1.82) is 0 Å². The Kier molecular flexibility index (Phi) is 2.04. The van der Waals surface area contributed by atoms with Crippen LogP contribution in [0.15, 0.2) is 24.8 Å². The highest BCUT2D eigenvalue weighted by atomic mass is 15.3. The molecule has 4 nitrogen and oxygen atoms in total. The summed E-state index contributed by atoms with van der Waals surface area (Å²) < 4.78 is 0. The fourth-order valence-electron chi connectivity index (χ4n) is 1.67. The molecule has 2 N–H and O–H groups in total. The number of nitrogens with one attached hydrogen (secondary N) is 2. The Morgan fingerprint density at radius 3 is 1.77 bits per heavy atom. The lowest BCUT2D eigenvalue weighted by atomic mass is 10.2. The first-order valence-electron chi connectivity index (χ1n) is 4.57. The van der Waals surface area contributed by atoms with Gasteiger partial charge in [0, 0.05) is 45.3 Å². The van der Waals surface area contributed by atoms with Crippen molar-refractivity contribution in [3.05, 3.63) is 24.8 Å². The van der Waals surface area contributed by atoms with Gasteiger partial charge in [0.2, 0.25) is 0 Å². The zero-order valence-corrected chi connectivity index (χ0v) is 8.07. The van der Waals surface area contributed by atoms with Gasteiger partial charge in [0.1, 0.15) is 12.3 Å². The predicted molar refractivity (Wildman–Crippen MR) is 52.3 cm³/mol. The third kappa shape index (κ3) is 1.56. The first-order valence-corrected chi connectivity index (χ1v) is 4.57. The largest absolute Gasteiger partial charge is 0.370 e. The lowest BCUT2D eigenvalue weighted by Crippen LogP contribution is -2.43. The van der Waals surface area contributed by atoms with Crippen LogP contribution in [0.2, 0.25) is 0 Å². The summed E-state index contributed by atoms with van der Waals surface area (Å²) >= 11 is 0. The van der Waals surface area contributed by atoms with Gasteiger partial charge in [0.25, 0.3) is 0 Å². The van der Waals surface area contributed by atoms with E-state index in [0.717, 1.165) is 6.42 Å². The Morgan fingerprint density at radius 2 is 1.46 bits per heavy atom. The van der Waals surface area contributed by atoms with Crippen LogP contribution >= 0.6 is 0 Å². The second-order valence-electron chi connectivity index (χ2n) is 3.56. The van der Waals surface area contributed by atoms with Crippen molar-refractivity contribution in [2.75, 3.05) is 14.1 Å². The van der Waals surface area contributed by atoms with E-state index in [9.17, 15) is 0 Å². The molecule has 0 aromatic heterocycles. The van der Waals surface area contributed by atoms with Gasteiger partial charge < -0.3 is 20.4 Å². The molecule has 0 radical (unpaired) electrons. The van der Waals surface area contributed by atoms with Gasteiger partial charge in [-0.15, -0.1) is 0 Å². The van der Waals surface area contributed by atoms with Crippen LogP contribution in [-0.2, 0) is 0 Å². The molecule has 72 valence electrons. The predicted octanol–water partition coefficient (Wildman–Crippen LogP) is 0.0411. The summed E-state index contributed by atoms with van der Waals surface area (Å²) in [6.45, 7) is 0. The molecule has 0 aromatic carbocycles. The van der Waals surface area contributed by atoms with Crippen molar-refractivity contribution in [3.63, 3.8) is 0 Å². The van der Waals surface area contributed by atoms with E-state index in [2.05, 4.69) is 46.9 Å². The second kappa shape index (κ2) is 3.20. The van der Waals surface area contributed by atoms with E-state index in [4.69, 9.17) is 0 Å². The summed E-state index contributed by atoms with van der Waals surface area (Å²) in [6.07, 6.45) is 10.0. The molecule has 2 unspecified atom stereocenters. The third-order valence-corrected chi connectivity index (χ3v) is 2.63. The minimum Gasteiger partial charge on any atom is -0.370 e. The average Bonchev–Trinajstić information content (AvgIpc) is 2.65. The van der Waals surface area contributed by atoms with Crippen molar-refractivity contribution in [1.82, 2.24) is 20.4 Å². The highest BCUT2D eigenvalue weighted by Crippen LogP contribution is 2.12. The maximum atomic E-state index is 3.30. The molecule has 2 atom stereocenters. The van der Waals surface area contributed by atoms with Gasteiger partial charge in [0.05, 0.1) is 0 Å². The lowest BCUT2D eigenvalue weighted by Gasteiger charge is -2.28. The van der Waals surface area contributed by atoms with Crippen LogP contribution in [-0.4, -0.2) is 36.2 Å². The van der Waals surface area contributed by atoms with Crippen molar-refractivity contribution >= 4 is 0 Å². The van der Waals surface area contributed by atoms with Gasteiger partial charge in [-0.05, 0) is 0 Å². The minimum absolute atomic E-state index is 0.417. The third-order valence-electron chi connectivity index (χ3n) is 2.63. The average molecular weight is 180 g/mol. The molecule has 0 aromatic rings. The smallest absolute Gasteiger partial charge is 0.102 e. The van der Waals surface area contributed by atoms with Gasteiger partial charge in [-0.2, -0.15) is 0 Å². The summed E-state index contributed by atoms with van der Waals surface area (Å²) in [5, 5.41) is 6.61. The maximum absolute atomic E-state index is 3.30. The fourth-order valence-corrected chi connectivity index (χ4v) is 1.67. The van der Waals surface area contributed by atoms with E-state index in [-0.39, 0.29) is 0 Å². The summed E-state index contributed by atoms with van der Waals surface area (Å²) in [6, 6.07) is 0. The molecule has 0 spiro atoms. The molecular weight excluding hydrogens is 164 g/mol. The summed E-state index contributed by atoms with van der Waals surface area (Å²) in [7, 11) is 4.17. The summed E-state index contributed by atoms with van der Waals surface area (Å²) in [5.41, 5.74) is 0. The van der Waals surface area contributed by atoms with E-state index < -0.39 is 0 Å². The molecular formula is C9H16N4. The molecule has 0 saturated heterocycles. The number of hydrogen-bond donors (Lipinski definition) is 2. The second-order valence-corrected chi connectivity index (χ2v) is 3.56. The van der Waals surface area contributed by atoms with E-state index in [0.29, 0.717) is 12.3 Å². The van der Waals surface area contributed by atoms with Crippen LogP contribution in [0.3, 0.4) is 0 Å². The Labute approximate surface area is 78.9 Å². The van der Waals surface area contributed by atoms with Gasteiger partial charge >= 0.3 is 0 Å². The maximum Gasteiger partial charge on any atom is 0.102 e. The minimum atomic E-state index is 0.417. The highest BCUT2D eigenvalue weighted by molar-refractivity contribution is 4.98. The molecule has 0 bridgehead atoms. The fraction of sp³-hybridized carbons (Fsp3) is 0.556. The van der Waals surface area contributed by atoms with E-state index in [1.807, 2.05) is 12.4 Å². The number of nitrogens with zero attached hydrogens (tertiary/aromatic N) is 2. The van der Waals surface area contributed by atoms with Crippen LogP contribution in [0, 0.1) is 0 Å². The Morgan fingerprint density at radius 1 is 1.00 bits per heavy atom. The van der Waals surface area contributed by atoms with Crippen molar-refractivity contribution < 1.29 is 0 Å². The molecule has 2 heterocycles. The lowest BCUT2D eigenvalue weighted by molar-refractivity contribution is 0.223. The molecule has 0 aliphatic carbocycles. The Bertz CT molecular complexity index is 212. The Balaban J connectivity index is 1.85. The van der Waals surface area contributed by atoms with Crippen LogP contribution in [0.25, 0.3) is 0 Å². The SMILES string of the molecule is CN1C=CNC1CC1NC=CN1C. The van der Waals surface area contributed by atoms with Crippen LogP contribution in [0.4, 0.5) is 0 Å². The van der Waals surface area contributed by atoms with Crippen molar-refractivity contribution in [2.45, 2.75) is 18.8 Å². The number of hydrogen-bond acceptors (Lipinski definition) is 4. The van der Waals surface area contributed by atoms with Gasteiger partial charge in [0.15, 0.2) is 0 Å². The molecule has 13 heavy (non-hydrogen) atoms. The molecule has 0 fully saturated rings. The first-order chi connectivity index (χ1) is 6.27. The van der Waals surface area contributed by atoms with Crippen LogP contribution in [0.1, 0.15) is 6.42 Å². The number of rotatable bonds is 2. The molecule has 2 aliphatic heterocycles. The molecule has 4 heteroatoms. The van der Waals surface area contributed by atoms with E-state index >= 15 is 0 Å². The molecule has 0 saturated carbocycles. The molecule has 0 amide bonds. The standard InChI is InChI=1S/C9H16N4/c1-12-5-3-10-8(12)7-9-11-4-6-13(9)2/h3-6,8-11H,7H2,1-2H3. The van der Waals surface area contributed by atoms with Crippen molar-refractivity contribution in [3.8, 4) is 0 Å². The zero-order chi connectivity index (χ0) is 9.26. The van der Waals surface area contributed by atoms with Gasteiger partial charge in [-0.3, -0.25) is 0 Å². The van der Waals surface area contributed by atoms with Crippen LogP contribution in [0.5, 0.6) is 0 Å². The van der Waals surface area contributed by atoms with E-state index in [1.54, 1.807) is 0 Å². The molecule has 2 rings (SSSR count). The van der Waals surface area contributed by atoms with Crippen LogP contribution < -0.4 is 10.6 Å². The summed E-state index contributed by atoms with van der Waals surface area (Å²) in [5.74, 6) is 0. The normalized spacial score (nSPS) is 30.9. The monoisotopic (exact) mass is 180 g/mol. The Hall–Kier alpha value is -1.32.